The van der Waals surface area contributed by atoms with Gasteiger partial charge in [-0.25, -0.2) is 0 Å². The minimum Gasteiger partial charge on any atom is -0.496 e. The summed E-state index contributed by atoms with van der Waals surface area (Å²) in [4.78, 5) is 27.8. The smallest absolute Gasteiger partial charge is 0.227 e. The summed E-state index contributed by atoms with van der Waals surface area (Å²) in [5, 5.41) is 3.00. The molecule has 0 aliphatic carbocycles. The molecule has 0 bridgehead atoms. The first kappa shape index (κ1) is 22.6. The molecule has 170 valence electrons. The minimum absolute atomic E-state index is 0.00120. The van der Waals surface area contributed by atoms with E-state index in [0.29, 0.717) is 31.8 Å². The number of amides is 2. The van der Waals surface area contributed by atoms with E-state index in [1.807, 2.05) is 41.3 Å². The highest BCUT2D eigenvalue weighted by Crippen LogP contribution is 2.27. The van der Waals surface area contributed by atoms with Crippen molar-refractivity contribution < 1.29 is 14.3 Å². The Morgan fingerprint density at radius 2 is 1.70 bits per heavy atom. The van der Waals surface area contributed by atoms with E-state index in [1.165, 1.54) is 5.56 Å². The van der Waals surface area contributed by atoms with Crippen molar-refractivity contribution in [1.29, 1.82) is 0 Å². The van der Waals surface area contributed by atoms with Crippen molar-refractivity contribution in [2.24, 2.45) is 5.92 Å². The molecule has 0 saturated carbocycles. The van der Waals surface area contributed by atoms with Crippen molar-refractivity contribution in [2.75, 3.05) is 26.7 Å². The van der Waals surface area contributed by atoms with Crippen LogP contribution in [-0.2, 0) is 22.4 Å². The summed E-state index contributed by atoms with van der Waals surface area (Å²) < 4.78 is 5.40. The molecule has 1 atom stereocenters. The van der Waals surface area contributed by atoms with E-state index in [0.717, 1.165) is 22.3 Å². The number of benzene rings is 3. The third kappa shape index (κ3) is 5.43. The second-order valence-corrected chi connectivity index (χ2v) is 8.54. The van der Waals surface area contributed by atoms with Crippen molar-refractivity contribution in [3.05, 3.63) is 89.5 Å². The van der Waals surface area contributed by atoms with Crippen molar-refractivity contribution >= 4 is 11.8 Å². The number of nitrogens with one attached hydrogen (secondary N) is 1. The van der Waals surface area contributed by atoms with Crippen molar-refractivity contribution in [3.8, 4) is 16.9 Å². The molecule has 1 aliphatic heterocycles. The van der Waals surface area contributed by atoms with Crippen LogP contribution in [0.15, 0.2) is 72.8 Å². The lowest BCUT2D eigenvalue weighted by Gasteiger charge is -2.24. The highest BCUT2D eigenvalue weighted by molar-refractivity contribution is 5.83. The van der Waals surface area contributed by atoms with E-state index in [4.69, 9.17) is 4.74 Å². The van der Waals surface area contributed by atoms with Gasteiger partial charge in [0.15, 0.2) is 0 Å². The van der Waals surface area contributed by atoms with Gasteiger partial charge in [-0.05, 0) is 36.1 Å². The van der Waals surface area contributed by atoms with Gasteiger partial charge in [0.25, 0.3) is 0 Å². The van der Waals surface area contributed by atoms with E-state index < -0.39 is 0 Å². The number of hydrogen-bond donors (Lipinski definition) is 1. The average molecular weight is 443 g/mol. The molecular formula is C28H30N2O3. The number of rotatable bonds is 6. The van der Waals surface area contributed by atoms with Crippen molar-refractivity contribution in [1.82, 2.24) is 10.2 Å². The fourth-order valence-corrected chi connectivity index (χ4v) is 4.38. The molecule has 0 spiro atoms. The van der Waals surface area contributed by atoms with Gasteiger partial charge in [0.05, 0.1) is 19.4 Å². The van der Waals surface area contributed by atoms with Crippen LogP contribution in [0.4, 0.5) is 0 Å². The first-order valence-corrected chi connectivity index (χ1v) is 11.4. The molecule has 1 aliphatic rings. The molecule has 1 heterocycles. The number of ether oxygens (including phenoxy) is 1. The van der Waals surface area contributed by atoms with Gasteiger partial charge in [-0.2, -0.15) is 0 Å². The summed E-state index contributed by atoms with van der Waals surface area (Å²) in [6.45, 7) is 3.45. The number of nitrogens with zero attached hydrogens (tertiary/aromatic N) is 1. The first-order chi connectivity index (χ1) is 16.0. The highest BCUT2D eigenvalue weighted by Gasteiger charge is 2.28. The summed E-state index contributed by atoms with van der Waals surface area (Å²) in [5.74, 6) is 0.410. The summed E-state index contributed by atoms with van der Waals surface area (Å²) in [7, 11) is 1.61. The maximum absolute atomic E-state index is 13.1. The van der Waals surface area contributed by atoms with Crippen molar-refractivity contribution in [2.45, 2.75) is 19.8 Å². The Bertz CT molecular complexity index is 1120. The lowest BCUT2D eigenvalue weighted by Crippen LogP contribution is -2.38. The van der Waals surface area contributed by atoms with E-state index in [2.05, 4.69) is 48.6 Å². The largest absolute Gasteiger partial charge is 0.496 e. The number of para-hydroxylation sites is 1. The van der Waals surface area contributed by atoms with Gasteiger partial charge in [-0.3, -0.25) is 9.59 Å². The van der Waals surface area contributed by atoms with Gasteiger partial charge in [-0.1, -0.05) is 72.3 Å². The summed E-state index contributed by atoms with van der Waals surface area (Å²) >= 11 is 0. The topological polar surface area (TPSA) is 58.6 Å². The Kier molecular flexibility index (Phi) is 7.08. The standard InChI is InChI=1S/C28H30N2O3/c1-20-11-13-21(14-12-20)25-9-5-3-7-22(25)17-24-19-30(16-15-29-28(24)32)27(31)18-23-8-4-6-10-26(23)33-2/h3-14,24H,15-19H2,1-2H3,(H,29,32)/t24-/m1/s1. The Morgan fingerprint density at radius 3 is 2.45 bits per heavy atom. The summed E-state index contributed by atoms with van der Waals surface area (Å²) in [6, 6.07) is 24.2. The Balaban J connectivity index is 1.53. The minimum atomic E-state index is -0.305. The quantitative estimate of drug-likeness (QED) is 0.627. The monoisotopic (exact) mass is 442 g/mol. The SMILES string of the molecule is COc1ccccc1CC(=O)N1CCNC(=O)[C@H](Cc2ccccc2-c2ccc(C)cc2)C1. The molecule has 3 aromatic rings. The number of methoxy groups -OCH3 is 1. The maximum Gasteiger partial charge on any atom is 0.227 e. The average Bonchev–Trinajstić information content (AvgIpc) is 3.02. The number of aryl methyl sites for hydroxylation is 1. The second kappa shape index (κ2) is 10.3. The number of carbonyl (C=O) groups is 2. The molecule has 1 fully saturated rings. The Hall–Kier alpha value is -3.60. The molecule has 1 N–H and O–H groups in total. The Labute approximate surface area is 195 Å². The third-order valence-corrected chi connectivity index (χ3v) is 6.23. The molecule has 4 rings (SSSR count). The summed E-state index contributed by atoms with van der Waals surface area (Å²) in [5.41, 5.74) is 5.44. The molecule has 5 nitrogen and oxygen atoms in total. The van der Waals surface area contributed by atoms with Crippen LogP contribution in [0.5, 0.6) is 5.75 Å². The molecule has 0 unspecified atom stereocenters. The Morgan fingerprint density at radius 1 is 1.00 bits per heavy atom. The molecule has 3 aromatic carbocycles. The fourth-order valence-electron chi connectivity index (χ4n) is 4.38. The first-order valence-electron chi connectivity index (χ1n) is 11.4. The molecular weight excluding hydrogens is 412 g/mol. The molecule has 33 heavy (non-hydrogen) atoms. The van der Waals surface area contributed by atoms with Crippen LogP contribution < -0.4 is 10.1 Å². The van der Waals surface area contributed by atoms with E-state index in [1.54, 1.807) is 7.11 Å². The molecule has 2 amide bonds. The maximum atomic E-state index is 13.1. The van der Waals surface area contributed by atoms with Crippen LogP contribution in [0.25, 0.3) is 11.1 Å². The van der Waals surface area contributed by atoms with E-state index in [9.17, 15) is 9.59 Å². The highest BCUT2D eigenvalue weighted by atomic mass is 16.5. The molecule has 5 heteroatoms. The zero-order valence-corrected chi connectivity index (χ0v) is 19.2. The predicted octanol–water partition coefficient (Wildman–Crippen LogP) is 4.03. The molecule has 1 saturated heterocycles. The molecule has 0 aromatic heterocycles. The lowest BCUT2D eigenvalue weighted by atomic mass is 9.91. The van der Waals surface area contributed by atoms with E-state index in [-0.39, 0.29) is 24.2 Å². The number of hydrogen-bond acceptors (Lipinski definition) is 3. The summed E-state index contributed by atoms with van der Waals surface area (Å²) in [6.07, 6.45) is 0.833. The van der Waals surface area contributed by atoms with Gasteiger partial charge < -0.3 is 15.0 Å². The van der Waals surface area contributed by atoms with Crippen LogP contribution in [0.2, 0.25) is 0 Å². The van der Waals surface area contributed by atoms with Crippen LogP contribution in [0.1, 0.15) is 16.7 Å². The van der Waals surface area contributed by atoms with Gasteiger partial charge in [-0.15, -0.1) is 0 Å². The molecule has 0 radical (unpaired) electrons. The van der Waals surface area contributed by atoms with Crippen LogP contribution in [0, 0.1) is 12.8 Å². The predicted molar refractivity (Wildman–Crippen MR) is 130 cm³/mol. The number of carbonyl (C=O) groups excluding carboxylic acids is 2. The van der Waals surface area contributed by atoms with Crippen LogP contribution in [-0.4, -0.2) is 43.5 Å². The van der Waals surface area contributed by atoms with Crippen molar-refractivity contribution in [3.63, 3.8) is 0 Å². The second-order valence-electron chi connectivity index (χ2n) is 8.54. The van der Waals surface area contributed by atoms with Gasteiger partial charge >= 0.3 is 0 Å². The van der Waals surface area contributed by atoms with Gasteiger partial charge in [0.2, 0.25) is 11.8 Å². The zero-order valence-electron chi connectivity index (χ0n) is 19.2. The third-order valence-electron chi connectivity index (χ3n) is 6.23. The fraction of sp³-hybridized carbons (Fsp3) is 0.286. The van der Waals surface area contributed by atoms with Crippen LogP contribution >= 0.6 is 0 Å². The normalized spacial score (nSPS) is 16.1. The van der Waals surface area contributed by atoms with E-state index >= 15 is 0 Å². The zero-order chi connectivity index (χ0) is 23.2. The van der Waals surface area contributed by atoms with Gasteiger partial charge in [0.1, 0.15) is 5.75 Å². The van der Waals surface area contributed by atoms with Gasteiger partial charge in [0, 0.05) is 25.2 Å². The lowest BCUT2D eigenvalue weighted by molar-refractivity contribution is -0.131. The van der Waals surface area contributed by atoms with Crippen LogP contribution in [0.3, 0.4) is 0 Å².